The number of esters is 1. The van der Waals surface area contributed by atoms with E-state index in [9.17, 15) is 19.2 Å². The Balaban J connectivity index is 1.20. The highest BCUT2D eigenvalue weighted by atomic mass is 19.1. The van der Waals surface area contributed by atoms with Gasteiger partial charge in [-0.1, -0.05) is 40.2 Å². The average Bonchev–Trinajstić information content (AvgIpc) is 3.66. The summed E-state index contributed by atoms with van der Waals surface area (Å²) in [5.41, 5.74) is 4.97. The number of fused-ring (bicyclic) bond motifs is 6. The number of alkyl halides is 1. The summed E-state index contributed by atoms with van der Waals surface area (Å²) >= 11 is 0. The number of morpholine rings is 1. The summed E-state index contributed by atoms with van der Waals surface area (Å²) in [6.07, 6.45) is 2.19. The summed E-state index contributed by atoms with van der Waals surface area (Å²) < 4.78 is 54.3. The second kappa shape index (κ2) is 22.7. The lowest BCUT2D eigenvalue weighted by molar-refractivity contribution is -0.154. The van der Waals surface area contributed by atoms with E-state index >= 15 is 8.78 Å². The van der Waals surface area contributed by atoms with Crippen LogP contribution in [0.2, 0.25) is 0 Å². The van der Waals surface area contributed by atoms with Crippen molar-refractivity contribution in [1.82, 2.24) is 40.0 Å². The van der Waals surface area contributed by atoms with Gasteiger partial charge in [-0.3, -0.25) is 29.1 Å². The number of hydrazine groups is 1. The fraction of sp³-hybridized carbons (Fsp3) is 0.625. The van der Waals surface area contributed by atoms with Crippen molar-refractivity contribution in [3.05, 3.63) is 59.8 Å². The summed E-state index contributed by atoms with van der Waals surface area (Å²) in [5.74, 6) is 2.60. The van der Waals surface area contributed by atoms with Gasteiger partial charge in [-0.2, -0.15) is 0 Å². The maximum atomic E-state index is 16.9. The van der Waals surface area contributed by atoms with E-state index in [-0.39, 0.29) is 58.2 Å². The fourth-order valence-corrected chi connectivity index (χ4v) is 10.7. The molecule has 0 aliphatic carbocycles. The second-order valence-corrected chi connectivity index (χ2v) is 22.4. The Morgan fingerprint density at radius 2 is 1.82 bits per heavy atom. The molecule has 6 bridgehead atoms. The highest BCUT2D eigenvalue weighted by Gasteiger charge is 2.47. The number of carbonyl (C=O) groups excluding carboxylic acids is 4. The van der Waals surface area contributed by atoms with E-state index in [1.807, 2.05) is 69.8 Å². The molecule has 404 valence electrons. The third-order valence-corrected chi connectivity index (χ3v) is 15.6. The minimum absolute atomic E-state index is 0.00807. The molecule has 6 heterocycles. The monoisotopic (exact) mass is 1030 g/mol. The molecule has 1 aromatic carbocycles. The Labute approximate surface area is 436 Å². The maximum absolute atomic E-state index is 16.9. The fourth-order valence-electron chi connectivity index (χ4n) is 10.7. The molecule has 2 aromatic heterocycles. The number of methoxy groups -OCH3 is 1. The first-order chi connectivity index (χ1) is 34.9. The van der Waals surface area contributed by atoms with Crippen molar-refractivity contribution in [3.63, 3.8) is 0 Å². The van der Waals surface area contributed by atoms with Crippen LogP contribution in [-0.4, -0.2) is 163 Å². The third-order valence-electron chi connectivity index (χ3n) is 15.6. The first-order valence-corrected chi connectivity index (χ1v) is 26.2. The Kier molecular flexibility index (Phi) is 17.2. The summed E-state index contributed by atoms with van der Waals surface area (Å²) in [6.45, 7) is 22.0. The van der Waals surface area contributed by atoms with E-state index < -0.39 is 76.3 Å². The Morgan fingerprint density at radius 3 is 2.49 bits per heavy atom. The Hall–Kier alpha value is -5.61. The van der Waals surface area contributed by atoms with Crippen LogP contribution < -0.4 is 15.6 Å². The summed E-state index contributed by atoms with van der Waals surface area (Å²) in [6, 6.07) is 4.83. The number of piperidine rings is 1. The number of benzene rings is 1. The molecule has 3 amide bonds. The SMILES string of the molecule is C=C1[C@@H](NC(=O)[C@H](C(C)C)N(C)C(=O)C2(F)CCN(C(=O)C#CC(C)(C)N(C)C)CC2)C[C@H]2CN(CCO2)c2cc3c(c(-c4cccnc4[C@H](C)OC)n(CC)c3cc2F)CC(C)(C)COC(=O)[C@@H]2CCCN1N2. The number of cyclic esters (lactones) is 1. The van der Waals surface area contributed by atoms with Crippen LogP contribution in [-0.2, 0) is 46.4 Å². The van der Waals surface area contributed by atoms with Crippen molar-refractivity contribution in [2.24, 2.45) is 11.3 Å². The van der Waals surface area contributed by atoms with Crippen LogP contribution in [0.4, 0.5) is 14.5 Å². The number of rotatable bonds is 10. The van der Waals surface area contributed by atoms with Crippen LogP contribution in [0.3, 0.4) is 0 Å². The number of pyridine rings is 1. The van der Waals surface area contributed by atoms with Gasteiger partial charge in [-0.05, 0) is 96.7 Å². The molecule has 3 fully saturated rings. The number of nitrogens with one attached hydrogen (secondary N) is 2. The molecule has 16 nitrogen and oxygen atoms in total. The van der Waals surface area contributed by atoms with Gasteiger partial charge in [0.15, 0.2) is 5.67 Å². The number of likely N-dealkylation sites (N-methyl/N-ethyl adjacent to an activating group) is 1. The van der Waals surface area contributed by atoms with E-state index in [0.717, 1.165) is 33.4 Å². The van der Waals surface area contributed by atoms with Gasteiger partial charge in [0, 0.05) is 107 Å². The number of halogens is 2. The average molecular weight is 1030 g/mol. The molecule has 2 N–H and O–H groups in total. The van der Waals surface area contributed by atoms with Crippen molar-refractivity contribution < 1.29 is 42.2 Å². The second-order valence-electron chi connectivity index (χ2n) is 22.4. The number of aromatic nitrogens is 2. The smallest absolute Gasteiger partial charge is 0.324 e. The lowest BCUT2D eigenvalue weighted by Crippen LogP contribution is -2.60. The van der Waals surface area contributed by atoms with Crippen molar-refractivity contribution in [2.75, 3.05) is 79.1 Å². The van der Waals surface area contributed by atoms with Gasteiger partial charge >= 0.3 is 5.97 Å². The van der Waals surface area contributed by atoms with Crippen molar-refractivity contribution in [1.29, 1.82) is 0 Å². The van der Waals surface area contributed by atoms with Gasteiger partial charge in [-0.25, -0.2) is 14.2 Å². The van der Waals surface area contributed by atoms with E-state index in [2.05, 4.69) is 47.6 Å². The number of likely N-dealkylation sites (tertiary alicyclic amines) is 1. The molecule has 4 aliphatic heterocycles. The summed E-state index contributed by atoms with van der Waals surface area (Å²) in [7, 11) is 6.82. The molecule has 7 rings (SSSR count). The predicted molar refractivity (Wildman–Crippen MR) is 282 cm³/mol. The van der Waals surface area contributed by atoms with Gasteiger partial charge in [0.1, 0.15) is 17.9 Å². The van der Waals surface area contributed by atoms with Crippen LogP contribution in [0.1, 0.15) is 105 Å². The molecule has 3 aromatic rings. The van der Waals surface area contributed by atoms with Crippen molar-refractivity contribution in [2.45, 2.75) is 142 Å². The maximum Gasteiger partial charge on any atom is 0.324 e. The van der Waals surface area contributed by atoms with E-state index in [0.29, 0.717) is 50.3 Å². The first kappa shape index (κ1) is 56.1. The molecule has 18 heteroatoms. The Bertz CT molecular complexity index is 2650. The number of ether oxygens (including phenoxy) is 3. The van der Waals surface area contributed by atoms with Gasteiger partial charge in [-0.15, -0.1) is 0 Å². The molecule has 3 saturated heterocycles. The highest BCUT2D eigenvalue weighted by Crippen LogP contribution is 2.43. The normalized spacial score (nSPS) is 22.4. The van der Waals surface area contributed by atoms with Gasteiger partial charge < -0.3 is 43.8 Å². The predicted octanol–water partition coefficient (Wildman–Crippen LogP) is 6.42. The number of aryl methyl sites for hydroxylation is 1. The van der Waals surface area contributed by atoms with Crippen molar-refractivity contribution in [3.8, 4) is 23.1 Å². The lowest BCUT2D eigenvalue weighted by atomic mass is 9.84. The van der Waals surface area contributed by atoms with E-state index in [1.165, 1.54) is 16.8 Å². The van der Waals surface area contributed by atoms with Crippen LogP contribution >= 0.6 is 0 Å². The molecular weight excluding hydrogens is 949 g/mol. The zero-order valence-corrected chi connectivity index (χ0v) is 45.7. The number of carbonyl (C=O) groups is 4. The van der Waals surface area contributed by atoms with Crippen LogP contribution in [0.5, 0.6) is 0 Å². The van der Waals surface area contributed by atoms with Crippen LogP contribution in [0.25, 0.3) is 22.2 Å². The number of hydrogen-bond acceptors (Lipinski definition) is 12. The quantitative estimate of drug-likeness (QED) is 0.170. The molecular formula is C56H79F2N9O7. The van der Waals surface area contributed by atoms with Gasteiger partial charge in [0.2, 0.25) is 5.91 Å². The third kappa shape index (κ3) is 11.9. The first-order valence-electron chi connectivity index (χ1n) is 26.2. The number of amides is 3. The summed E-state index contributed by atoms with van der Waals surface area (Å²) in [4.78, 5) is 67.4. The van der Waals surface area contributed by atoms with Gasteiger partial charge in [0.05, 0.1) is 59.6 Å². The highest BCUT2D eigenvalue weighted by molar-refractivity contribution is 5.96. The molecule has 0 unspecified atom stereocenters. The standard InChI is InChI=1S/C56H79F2N9O7/c1-14-66-45-31-42(57)46-30-40(45)41(50(66)39-17-15-23-59-48(39)37(5)72-13)32-54(6,7)34-74-52(70)43-18-16-24-67(61-43)36(4)44(29-38-33-65(46)27-28-73-38)60-51(69)49(35(2)3)63(12)53(71)56(58)21-25-64(26-22-56)47(68)19-20-55(8,9)62(10)11/h15,17,23,30-31,35,37-38,43-44,49,61H,4,14,16,18,21-22,24-29,32-34H2,1-3,5-13H3,(H,60,69)/t37-,38-,43-,44-,49-/m0/s1. The molecule has 0 spiro atoms. The van der Waals surface area contributed by atoms with E-state index in [4.69, 9.17) is 19.2 Å². The summed E-state index contributed by atoms with van der Waals surface area (Å²) in [5, 5.41) is 5.81. The van der Waals surface area contributed by atoms with Crippen LogP contribution in [0, 0.1) is 29.0 Å². The Morgan fingerprint density at radius 1 is 1.11 bits per heavy atom. The largest absolute Gasteiger partial charge is 0.464 e. The number of anilines is 1. The molecule has 4 aliphatic rings. The molecule has 0 radical (unpaired) electrons. The molecule has 5 atom stereocenters. The van der Waals surface area contributed by atoms with Crippen molar-refractivity contribution >= 4 is 40.3 Å². The topological polar surface area (TPSA) is 154 Å². The lowest BCUT2D eigenvalue weighted by Gasteiger charge is -2.42. The van der Waals surface area contributed by atoms with E-state index in [1.54, 1.807) is 38.2 Å². The molecule has 0 saturated carbocycles. The van der Waals surface area contributed by atoms with Crippen LogP contribution in [0.15, 0.2) is 42.7 Å². The minimum atomic E-state index is -2.32. The van der Waals surface area contributed by atoms with Gasteiger partial charge in [0.25, 0.3) is 11.8 Å². The zero-order valence-electron chi connectivity index (χ0n) is 45.7. The number of hydrogen-bond donors (Lipinski definition) is 2. The zero-order chi connectivity index (χ0) is 54.0. The molecule has 74 heavy (non-hydrogen) atoms. The number of nitrogens with zero attached hydrogens (tertiary/aromatic N) is 7. The minimum Gasteiger partial charge on any atom is -0.464 e.